The van der Waals surface area contributed by atoms with Gasteiger partial charge in [-0.15, -0.1) is 0 Å². The van der Waals surface area contributed by atoms with E-state index in [1.807, 2.05) is 0 Å². The van der Waals surface area contributed by atoms with E-state index >= 15 is 0 Å². The van der Waals surface area contributed by atoms with Gasteiger partial charge in [0.25, 0.3) is 0 Å². The molecule has 3 aliphatic rings. The van der Waals surface area contributed by atoms with Crippen molar-refractivity contribution >= 4 is 23.5 Å². The molecule has 0 aromatic heterocycles. The molecule has 3 rings (SSSR count). The van der Waals surface area contributed by atoms with Crippen molar-refractivity contribution in [1.82, 2.24) is 0 Å². The molecule has 10 nitrogen and oxygen atoms in total. The molecule has 0 amide bonds. The van der Waals surface area contributed by atoms with Gasteiger partial charge in [-0.1, -0.05) is 18.6 Å². The second-order valence-electron chi connectivity index (χ2n) is 7.32. The molecular weight excluding hydrogens is 591 g/mol. The second-order valence-corrected chi connectivity index (χ2v) is 7.32. The first-order valence-electron chi connectivity index (χ1n) is 9.67. The van der Waals surface area contributed by atoms with Gasteiger partial charge < -0.3 is 31.2 Å². The van der Waals surface area contributed by atoms with Crippen LogP contribution in [0.4, 0.5) is 0 Å². The summed E-state index contributed by atoms with van der Waals surface area (Å²) in [5, 5.41) is 20.1. The zero-order valence-electron chi connectivity index (χ0n) is 17.9. The molecule has 2 unspecified atom stereocenters. The first-order valence-corrected chi connectivity index (χ1v) is 9.67. The molecule has 0 aromatic rings. The monoisotopic (exact) mass is 620 g/mol. The molecule has 0 saturated heterocycles. The third-order valence-electron chi connectivity index (χ3n) is 4.81. The van der Waals surface area contributed by atoms with Gasteiger partial charge in [0, 0.05) is 33.1 Å². The van der Waals surface area contributed by atoms with Crippen LogP contribution in [0.25, 0.3) is 0 Å². The average Bonchev–Trinajstić information content (AvgIpc) is 3.05. The van der Waals surface area contributed by atoms with Gasteiger partial charge in [0.05, 0.1) is 5.57 Å². The summed E-state index contributed by atoms with van der Waals surface area (Å²) in [6.07, 6.45) is 3.33. The van der Waals surface area contributed by atoms with E-state index in [0.29, 0.717) is 0 Å². The van der Waals surface area contributed by atoms with Crippen LogP contribution in [0.1, 0.15) is 53.4 Å². The van der Waals surface area contributed by atoms with Gasteiger partial charge in [-0.25, -0.2) is 9.59 Å². The molecule has 2 heterocycles. The Morgan fingerprint density at radius 3 is 1.48 bits per heavy atom. The van der Waals surface area contributed by atoms with E-state index in [2.05, 4.69) is 9.47 Å². The number of carbonyl (C=O) groups excluding carboxylic acids is 4. The molecule has 4 atom stereocenters. The SMILES string of the molecule is CC(=O)C1=C(O)C(C)OC1=O.CC(=O)C1=C([O-])C(C)OC1=O.N[C@@H]1CCCC[C@H]1N.[Pt]. The molecule has 31 heavy (non-hydrogen) atoms. The summed E-state index contributed by atoms with van der Waals surface area (Å²) in [4.78, 5) is 42.9. The first kappa shape index (κ1) is 29.0. The Balaban J connectivity index is 0.000000434. The Morgan fingerprint density at radius 1 is 0.903 bits per heavy atom. The summed E-state index contributed by atoms with van der Waals surface area (Å²) in [5.41, 5.74) is 10.7. The largest absolute Gasteiger partial charge is 0.872 e. The fourth-order valence-corrected chi connectivity index (χ4v) is 2.99. The topological polar surface area (TPSA) is 182 Å². The molecule has 1 saturated carbocycles. The van der Waals surface area contributed by atoms with E-state index in [1.54, 1.807) is 0 Å². The van der Waals surface area contributed by atoms with Crippen LogP contribution in [0.2, 0.25) is 0 Å². The molecule has 11 heteroatoms. The second kappa shape index (κ2) is 12.7. The van der Waals surface area contributed by atoms with Crippen molar-refractivity contribution in [2.45, 2.75) is 77.7 Å². The van der Waals surface area contributed by atoms with Crippen molar-refractivity contribution in [2.24, 2.45) is 11.5 Å². The molecule has 1 aliphatic carbocycles. The normalized spacial score (nSPS) is 27.2. The third kappa shape index (κ3) is 7.87. The number of nitrogens with two attached hydrogens (primary N) is 2. The quantitative estimate of drug-likeness (QED) is 0.273. The molecule has 0 spiro atoms. The number of esters is 2. The molecule has 0 radical (unpaired) electrons. The van der Waals surface area contributed by atoms with Crippen LogP contribution < -0.4 is 16.6 Å². The van der Waals surface area contributed by atoms with E-state index < -0.39 is 41.5 Å². The number of ketones is 2. The average molecular weight is 621 g/mol. The minimum Gasteiger partial charge on any atom is -0.872 e. The fraction of sp³-hybridized carbons (Fsp3) is 0.600. The van der Waals surface area contributed by atoms with E-state index in [-0.39, 0.29) is 50.1 Å². The van der Waals surface area contributed by atoms with Crippen molar-refractivity contribution in [2.75, 3.05) is 0 Å². The molecule has 0 aromatic carbocycles. The van der Waals surface area contributed by atoms with Gasteiger partial charge in [-0.2, -0.15) is 0 Å². The van der Waals surface area contributed by atoms with Crippen LogP contribution in [0.5, 0.6) is 0 Å². The van der Waals surface area contributed by atoms with Crippen molar-refractivity contribution < 1.29 is 59.9 Å². The van der Waals surface area contributed by atoms with E-state index in [4.69, 9.17) is 16.6 Å². The van der Waals surface area contributed by atoms with Gasteiger partial charge in [0.1, 0.15) is 11.7 Å². The Hall–Kier alpha value is -2.03. The van der Waals surface area contributed by atoms with E-state index in [9.17, 15) is 24.3 Å². The maximum atomic E-state index is 11.0. The van der Waals surface area contributed by atoms with Gasteiger partial charge in [-0.3, -0.25) is 9.59 Å². The van der Waals surface area contributed by atoms with E-state index in [1.165, 1.54) is 40.5 Å². The number of aliphatic hydroxyl groups excluding tert-OH is 1. The maximum absolute atomic E-state index is 11.0. The number of cyclic esters (lactones) is 2. The van der Waals surface area contributed by atoms with Gasteiger partial charge in [-0.05, 0) is 40.5 Å². The number of carbonyl (C=O) groups is 4. The van der Waals surface area contributed by atoms with Crippen LogP contribution in [0, 0.1) is 0 Å². The van der Waals surface area contributed by atoms with Crippen LogP contribution in [-0.2, 0) is 49.7 Å². The summed E-state index contributed by atoms with van der Waals surface area (Å²) >= 11 is 0. The molecule has 0 bridgehead atoms. The third-order valence-corrected chi connectivity index (χ3v) is 4.81. The van der Waals surface area contributed by atoms with Crippen molar-refractivity contribution in [3.63, 3.8) is 0 Å². The number of Topliss-reactive ketones (excluding diaryl/α,β-unsaturated/α-hetero) is 2. The number of ether oxygens (including phenoxy) is 2. The minimum atomic E-state index is -0.796. The first-order chi connectivity index (χ1) is 13.9. The number of aliphatic hydroxyl groups is 1. The number of hydrogen-bond acceptors (Lipinski definition) is 10. The summed E-state index contributed by atoms with van der Waals surface area (Å²) in [6, 6.07) is 0.562. The smallest absolute Gasteiger partial charge is 0.346 e. The van der Waals surface area contributed by atoms with Gasteiger partial charge in [0.15, 0.2) is 23.4 Å². The zero-order valence-corrected chi connectivity index (χ0v) is 20.2. The Kier molecular flexibility index (Phi) is 11.9. The standard InChI is InChI=1S/2C7H8O4.C6H14N2.Pt/c2*1-3(8)5-6(9)4(2)11-7(5)10;7-5-3-1-2-4-6(5)8;/h2*4,9H,1-2H3;5-6H,1-4,7-8H2;/p-1/t;;5-,6-;/m..1./s1. The van der Waals surface area contributed by atoms with Crippen LogP contribution in [0.3, 0.4) is 0 Å². The molecule has 2 aliphatic heterocycles. The predicted molar refractivity (Wildman–Crippen MR) is 104 cm³/mol. The predicted octanol–water partition coefficient (Wildman–Crippen LogP) is -0.320. The van der Waals surface area contributed by atoms with E-state index in [0.717, 1.165) is 12.8 Å². The van der Waals surface area contributed by atoms with Gasteiger partial charge >= 0.3 is 11.9 Å². The van der Waals surface area contributed by atoms with Crippen molar-refractivity contribution in [3.05, 3.63) is 22.7 Å². The summed E-state index contributed by atoms with van der Waals surface area (Å²) < 4.78 is 9.06. The molecule has 1 fully saturated rings. The fourth-order valence-electron chi connectivity index (χ4n) is 2.99. The summed E-state index contributed by atoms with van der Waals surface area (Å²) in [5.74, 6) is -3.29. The van der Waals surface area contributed by atoms with Crippen LogP contribution in [0.15, 0.2) is 22.7 Å². The Morgan fingerprint density at radius 2 is 1.29 bits per heavy atom. The zero-order chi connectivity index (χ0) is 23.2. The van der Waals surface area contributed by atoms with Gasteiger partial charge in [0.2, 0.25) is 0 Å². The number of rotatable bonds is 2. The van der Waals surface area contributed by atoms with Crippen LogP contribution >= 0.6 is 0 Å². The number of hydrogen-bond donors (Lipinski definition) is 3. The Labute approximate surface area is 195 Å². The molecular formula is C20H29N2O8Pt-. The minimum absolute atomic E-state index is 0. The van der Waals surface area contributed by atoms with Crippen molar-refractivity contribution in [3.8, 4) is 0 Å². The molecule has 178 valence electrons. The summed E-state index contributed by atoms with van der Waals surface area (Å²) in [6.45, 7) is 5.33. The maximum Gasteiger partial charge on any atom is 0.346 e. The Bertz CT molecular complexity index is 713. The summed E-state index contributed by atoms with van der Waals surface area (Å²) in [7, 11) is 0. The van der Waals surface area contributed by atoms with Crippen LogP contribution in [-0.4, -0.2) is 52.9 Å². The molecule has 5 N–H and O–H groups in total. The van der Waals surface area contributed by atoms with Crippen molar-refractivity contribution in [1.29, 1.82) is 0 Å².